The van der Waals surface area contributed by atoms with Gasteiger partial charge in [-0.3, -0.25) is 0 Å². The van der Waals surface area contributed by atoms with Crippen molar-refractivity contribution in [1.82, 2.24) is 9.21 Å². The van der Waals surface area contributed by atoms with E-state index in [2.05, 4.69) is 5.32 Å². The van der Waals surface area contributed by atoms with Crippen LogP contribution in [0.3, 0.4) is 0 Å². The van der Waals surface area contributed by atoms with E-state index in [4.69, 9.17) is 4.74 Å². The van der Waals surface area contributed by atoms with Gasteiger partial charge in [0.2, 0.25) is 10.0 Å². The molecule has 0 unspecified atom stereocenters. The zero-order chi connectivity index (χ0) is 28.3. The number of fused-ring (bicyclic) bond motifs is 1. The summed E-state index contributed by atoms with van der Waals surface area (Å²) in [4.78, 5) is 14.3. The molecule has 1 aliphatic heterocycles. The van der Waals surface area contributed by atoms with Gasteiger partial charge in [0.1, 0.15) is 22.6 Å². The number of likely N-dealkylation sites (N-methyl/N-ethyl adjacent to an activating group) is 1. The van der Waals surface area contributed by atoms with Gasteiger partial charge in [-0.15, -0.1) is 0 Å². The zero-order valence-corrected chi connectivity index (χ0v) is 23.3. The Morgan fingerprint density at radius 1 is 1.13 bits per heavy atom. The maximum atomic E-state index is 13.7. The number of halogens is 1. The van der Waals surface area contributed by atoms with Crippen molar-refractivity contribution in [2.24, 2.45) is 5.92 Å². The van der Waals surface area contributed by atoms with Crippen molar-refractivity contribution in [3.8, 4) is 16.9 Å². The molecule has 4 rings (SSSR count). The molecule has 208 valence electrons. The van der Waals surface area contributed by atoms with Gasteiger partial charge in [0.25, 0.3) is 0 Å². The van der Waals surface area contributed by atoms with E-state index in [9.17, 15) is 22.7 Å². The number of benzene rings is 3. The molecule has 0 spiro atoms. The number of amides is 2. The van der Waals surface area contributed by atoms with Crippen molar-refractivity contribution < 1.29 is 27.4 Å². The van der Waals surface area contributed by atoms with Crippen molar-refractivity contribution in [2.45, 2.75) is 37.8 Å². The Hall–Kier alpha value is -3.47. The fourth-order valence-corrected chi connectivity index (χ4v) is 6.30. The van der Waals surface area contributed by atoms with E-state index in [0.29, 0.717) is 5.69 Å². The summed E-state index contributed by atoms with van der Waals surface area (Å²) in [6, 6.07) is 17.3. The molecule has 0 radical (unpaired) electrons. The number of nitrogens with zero attached hydrogens (tertiary/aromatic N) is 2. The number of ether oxygens (including phenoxy) is 1. The number of hydrogen-bond acceptors (Lipinski definition) is 5. The van der Waals surface area contributed by atoms with Crippen molar-refractivity contribution in [3.05, 3.63) is 78.1 Å². The van der Waals surface area contributed by atoms with Crippen LogP contribution < -0.4 is 10.1 Å². The standard InChI is InChI=1S/C29H34FN3O5S/c1-19-5-7-22(8-6-19)23-9-14-28-26(15-23)38-27(20(2)16-33(21(3)18-34)39(28,36)37)17-32(4)29(35)31-25-12-10-24(30)11-13-25/h5-15,20-21,27,34H,16-18H2,1-4H3,(H,31,35)/t20-,21+,27-/m0/s1. The van der Waals surface area contributed by atoms with E-state index < -0.39 is 34.0 Å². The molecule has 2 amide bonds. The summed E-state index contributed by atoms with van der Waals surface area (Å²) in [5.74, 6) is -0.545. The maximum absolute atomic E-state index is 13.7. The number of carbonyl (C=O) groups is 1. The molecule has 0 aliphatic carbocycles. The quantitative estimate of drug-likeness (QED) is 0.458. The minimum Gasteiger partial charge on any atom is -0.487 e. The van der Waals surface area contributed by atoms with E-state index in [1.807, 2.05) is 38.1 Å². The first-order valence-electron chi connectivity index (χ1n) is 12.8. The van der Waals surface area contributed by atoms with Crippen LogP contribution in [-0.2, 0) is 10.0 Å². The molecular formula is C29H34FN3O5S. The summed E-state index contributed by atoms with van der Waals surface area (Å²) in [7, 11) is -2.37. The molecule has 2 N–H and O–H groups in total. The summed E-state index contributed by atoms with van der Waals surface area (Å²) in [5, 5.41) is 12.6. The summed E-state index contributed by atoms with van der Waals surface area (Å²) in [6.07, 6.45) is -0.565. The number of aryl methyl sites for hydroxylation is 1. The van der Waals surface area contributed by atoms with Crippen LogP contribution in [0.25, 0.3) is 11.1 Å². The number of urea groups is 1. The van der Waals surface area contributed by atoms with E-state index in [1.165, 1.54) is 39.5 Å². The Morgan fingerprint density at radius 2 is 1.77 bits per heavy atom. The Kier molecular flexibility index (Phi) is 8.58. The van der Waals surface area contributed by atoms with E-state index >= 15 is 0 Å². The van der Waals surface area contributed by atoms with Gasteiger partial charge >= 0.3 is 6.03 Å². The number of nitrogens with one attached hydrogen (secondary N) is 1. The van der Waals surface area contributed by atoms with Crippen LogP contribution in [0.1, 0.15) is 19.4 Å². The van der Waals surface area contributed by atoms with Crippen LogP contribution in [-0.4, -0.2) is 67.7 Å². The van der Waals surface area contributed by atoms with E-state index in [0.717, 1.165) is 16.7 Å². The second-order valence-corrected chi connectivity index (χ2v) is 11.9. The zero-order valence-electron chi connectivity index (χ0n) is 22.5. The number of sulfonamides is 1. The molecule has 0 saturated carbocycles. The molecule has 3 atom stereocenters. The van der Waals surface area contributed by atoms with Gasteiger partial charge in [-0.25, -0.2) is 17.6 Å². The van der Waals surface area contributed by atoms with Gasteiger partial charge in [0.15, 0.2) is 0 Å². The van der Waals surface area contributed by atoms with Gasteiger partial charge in [0.05, 0.1) is 13.2 Å². The van der Waals surface area contributed by atoms with Crippen molar-refractivity contribution in [3.63, 3.8) is 0 Å². The summed E-state index contributed by atoms with van der Waals surface area (Å²) >= 11 is 0. The van der Waals surface area contributed by atoms with Gasteiger partial charge in [0, 0.05) is 31.2 Å². The third-order valence-electron chi connectivity index (χ3n) is 6.95. The lowest BCUT2D eigenvalue weighted by Gasteiger charge is -2.37. The van der Waals surface area contributed by atoms with Crippen LogP contribution in [0, 0.1) is 18.7 Å². The third kappa shape index (κ3) is 6.41. The number of rotatable bonds is 6. The topological polar surface area (TPSA) is 99.2 Å². The molecule has 3 aromatic rings. The van der Waals surface area contributed by atoms with Gasteiger partial charge in [-0.2, -0.15) is 4.31 Å². The third-order valence-corrected chi connectivity index (χ3v) is 8.97. The molecule has 3 aromatic carbocycles. The minimum atomic E-state index is -3.98. The monoisotopic (exact) mass is 555 g/mol. The summed E-state index contributed by atoms with van der Waals surface area (Å²) < 4.78 is 48.4. The van der Waals surface area contributed by atoms with Crippen molar-refractivity contribution >= 4 is 21.7 Å². The number of hydrogen-bond donors (Lipinski definition) is 2. The normalized spacial score (nSPS) is 19.6. The van der Waals surface area contributed by atoms with Crippen LogP contribution in [0.2, 0.25) is 0 Å². The lowest BCUT2D eigenvalue weighted by molar-refractivity contribution is 0.0830. The molecular weight excluding hydrogens is 521 g/mol. The van der Waals surface area contributed by atoms with Crippen LogP contribution in [0.4, 0.5) is 14.9 Å². The molecule has 0 saturated heterocycles. The second-order valence-electron chi connectivity index (χ2n) is 10.1. The first-order chi connectivity index (χ1) is 18.5. The van der Waals surface area contributed by atoms with Gasteiger partial charge < -0.3 is 20.1 Å². The first kappa shape index (κ1) is 28.5. The lowest BCUT2D eigenvalue weighted by atomic mass is 10.0. The largest absolute Gasteiger partial charge is 0.487 e. The highest BCUT2D eigenvalue weighted by Gasteiger charge is 2.38. The number of aliphatic hydroxyl groups is 1. The predicted molar refractivity (Wildman–Crippen MR) is 149 cm³/mol. The molecule has 8 nitrogen and oxygen atoms in total. The van der Waals surface area contributed by atoms with Crippen LogP contribution >= 0.6 is 0 Å². The van der Waals surface area contributed by atoms with Gasteiger partial charge in [-0.05, 0) is 61.4 Å². The predicted octanol–water partition coefficient (Wildman–Crippen LogP) is 4.73. The highest BCUT2D eigenvalue weighted by molar-refractivity contribution is 7.89. The highest BCUT2D eigenvalue weighted by Crippen LogP contribution is 2.36. The van der Waals surface area contributed by atoms with Crippen LogP contribution in [0.5, 0.6) is 5.75 Å². The van der Waals surface area contributed by atoms with E-state index in [-0.39, 0.29) is 36.3 Å². The van der Waals surface area contributed by atoms with Crippen LogP contribution in [0.15, 0.2) is 71.6 Å². The summed E-state index contributed by atoms with van der Waals surface area (Å²) in [6.45, 7) is 5.42. The Bertz CT molecular complexity index is 1410. The summed E-state index contributed by atoms with van der Waals surface area (Å²) in [5.41, 5.74) is 3.25. The Morgan fingerprint density at radius 3 is 2.41 bits per heavy atom. The molecule has 1 aliphatic rings. The van der Waals surface area contributed by atoms with Gasteiger partial charge in [-0.1, -0.05) is 42.8 Å². The van der Waals surface area contributed by atoms with Crippen molar-refractivity contribution in [1.29, 1.82) is 0 Å². The number of anilines is 1. The lowest BCUT2D eigenvalue weighted by Crippen LogP contribution is -2.50. The first-order valence-corrected chi connectivity index (χ1v) is 14.2. The minimum absolute atomic E-state index is 0.00831. The molecule has 10 heteroatoms. The molecule has 0 aromatic heterocycles. The second kappa shape index (κ2) is 11.7. The molecule has 1 heterocycles. The molecule has 0 fully saturated rings. The fourth-order valence-electron chi connectivity index (χ4n) is 4.47. The Labute approximate surface area is 229 Å². The van der Waals surface area contributed by atoms with Crippen molar-refractivity contribution in [2.75, 3.05) is 32.1 Å². The van der Waals surface area contributed by atoms with E-state index in [1.54, 1.807) is 26.1 Å². The Balaban J connectivity index is 1.68. The fraction of sp³-hybridized carbons (Fsp3) is 0.345. The number of carbonyl (C=O) groups excluding carboxylic acids is 1. The average Bonchev–Trinajstić information content (AvgIpc) is 2.91. The maximum Gasteiger partial charge on any atom is 0.321 e. The number of aliphatic hydroxyl groups excluding tert-OH is 1. The average molecular weight is 556 g/mol. The highest BCUT2D eigenvalue weighted by atomic mass is 32.2. The molecule has 0 bridgehead atoms. The smallest absolute Gasteiger partial charge is 0.321 e. The molecule has 39 heavy (non-hydrogen) atoms. The SMILES string of the molecule is Cc1ccc(-c2ccc3c(c2)O[C@@H](CN(C)C(=O)Nc2ccc(F)cc2)[C@@H](C)CN([C@H](C)CO)S3(=O)=O)cc1.